The van der Waals surface area contributed by atoms with Gasteiger partial charge in [-0.3, -0.25) is 9.80 Å². The molecule has 1 amide bonds. The number of hydrogen-bond donors (Lipinski definition) is 1. The first-order valence-electron chi connectivity index (χ1n) is 13.1. The normalized spacial score (nSPS) is 17.8. The van der Waals surface area contributed by atoms with E-state index in [1.54, 1.807) is 0 Å². The second-order valence-corrected chi connectivity index (χ2v) is 10.7. The molecule has 39 heavy (non-hydrogen) atoms. The molecule has 0 spiro atoms. The molecule has 2 aliphatic rings. The summed E-state index contributed by atoms with van der Waals surface area (Å²) in [6, 6.07) is 20.7. The lowest BCUT2D eigenvalue weighted by Gasteiger charge is -2.35. The van der Waals surface area contributed by atoms with Crippen molar-refractivity contribution in [2.24, 2.45) is 0 Å². The molecule has 0 bridgehead atoms. The zero-order valence-corrected chi connectivity index (χ0v) is 22.9. The van der Waals surface area contributed by atoms with Gasteiger partial charge in [-0.2, -0.15) is 0 Å². The van der Waals surface area contributed by atoms with E-state index in [0.717, 1.165) is 72.0 Å². The van der Waals surface area contributed by atoms with E-state index in [4.69, 9.17) is 32.7 Å². The van der Waals surface area contributed by atoms with Crippen molar-refractivity contribution in [2.75, 3.05) is 46.0 Å². The highest BCUT2D eigenvalue weighted by Gasteiger charge is 2.37. The number of carbonyl (C=O) groups is 1. The van der Waals surface area contributed by atoms with Gasteiger partial charge in [-0.15, -0.1) is 0 Å². The molecule has 1 unspecified atom stereocenters. The lowest BCUT2D eigenvalue weighted by molar-refractivity contribution is 0.0322. The van der Waals surface area contributed by atoms with Crippen LogP contribution in [0.15, 0.2) is 66.7 Å². The highest BCUT2D eigenvalue weighted by Crippen LogP contribution is 2.43. The fourth-order valence-electron chi connectivity index (χ4n) is 5.68. The molecule has 1 saturated heterocycles. The first-order valence-corrected chi connectivity index (χ1v) is 13.9. The van der Waals surface area contributed by atoms with Gasteiger partial charge in [0.2, 0.25) is 0 Å². The van der Waals surface area contributed by atoms with E-state index in [2.05, 4.69) is 9.47 Å². The number of rotatable bonds is 6. The molecule has 1 aromatic heterocycles. The van der Waals surface area contributed by atoms with E-state index < -0.39 is 12.1 Å². The second kappa shape index (κ2) is 11.1. The van der Waals surface area contributed by atoms with Crippen molar-refractivity contribution in [1.29, 1.82) is 0 Å². The number of nitrogens with zero attached hydrogens (tertiary/aromatic N) is 3. The van der Waals surface area contributed by atoms with E-state index in [9.17, 15) is 9.90 Å². The third-order valence-electron chi connectivity index (χ3n) is 7.55. The average Bonchev–Trinajstić information content (AvgIpc) is 3.27. The zero-order chi connectivity index (χ0) is 26.9. The van der Waals surface area contributed by atoms with Crippen molar-refractivity contribution in [3.05, 3.63) is 93.6 Å². The van der Waals surface area contributed by atoms with Crippen molar-refractivity contribution < 1.29 is 19.4 Å². The topological polar surface area (TPSA) is 67.2 Å². The first kappa shape index (κ1) is 26.0. The molecule has 1 N–H and O–H groups in total. The van der Waals surface area contributed by atoms with Crippen LogP contribution < -0.4 is 4.74 Å². The Bertz CT molecular complexity index is 1480. The maximum atomic E-state index is 12.5. The summed E-state index contributed by atoms with van der Waals surface area (Å²) in [4.78, 5) is 16.4. The second-order valence-electron chi connectivity index (χ2n) is 9.84. The largest absolute Gasteiger partial charge is 0.492 e. The summed E-state index contributed by atoms with van der Waals surface area (Å²) in [5.41, 5.74) is 4.79. The Morgan fingerprint density at radius 1 is 0.949 bits per heavy atom. The maximum absolute atomic E-state index is 12.5. The Morgan fingerprint density at radius 3 is 2.38 bits per heavy atom. The van der Waals surface area contributed by atoms with Crippen molar-refractivity contribution in [3.63, 3.8) is 0 Å². The van der Waals surface area contributed by atoms with Crippen LogP contribution >= 0.6 is 23.2 Å². The molecule has 0 saturated carbocycles. The summed E-state index contributed by atoms with van der Waals surface area (Å²) < 4.78 is 13.6. The SMILES string of the molecule is O=C(O)N1CCc2c(n(-c3ccc(Cl)cc3)c3ccc(Cl)cc23)C1c1ccc(OCCN2CCOCC2)cc1. The summed E-state index contributed by atoms with van der Waals surface area (Å²) in [7, 11) is 0. The number of hydrogen-bond acceptors (Lipinski definition) is 4. The van der Waals surface area contributed by atoms with Gasteiger partial charge in [-0.05, 0) is 72.1 Å². The van der Waals surface area contributed by atoms with Gasteiger partial charge >= 0.3 is 6.09 Å². The summed E-state index contributed by atoms with van der Waals surface area (Å²) >= 11 is 12.6. The Labute approximate surface area is 237 Å². The van der Waals surface area contributed by atoms with Crippen molar-refractivity contribution in [1.82, 2.24) is 14.4 Å². The Morgan fingerprint density at radius 2 is 1.67 bits per heavy atom. The van der Waals surface area contributed by atoms with Crippen LogP contribution in [0.4, 0.5) is 4.79 Å². The van der Waals surface area contributed by atoms with Crippen molar-refractivity contribution >= 4 is 40.2 Å². The number of halogens is 2. The quantitative estimate of drug-likeness (QED) is 0.298. The third kappa shape index (κ3) is 5.20. The Hall–Kier alpha value is -3.23. The van der Waals surface area contributed by atoms with E-state index in [1.807, 2.05) is 66.7 Å². The molecule has 202 valence electrons. The number of ether oxygens (including phenoxy) is 2. The van der Waals surface area contributed by atoms with Crippen LogP contribution in [-0.4, -0.2) is 71.6 Å². The number of morpholine rings is 1. The molecule has 0 radical (unpaired) electrons. The lowest BCUT2D eigenvalue weighted by Crippen LogP contribution is -2.40. The fourth-order valence-corrected chi connectivity index (χ4v) is 5.98. The van der Waals surface area contributed by atoms with Crippen LogP contribution in [0.3, 0.4) is 0 Å². The van der Waals surface area contributed by atoms with Gasteiger partial charge in [0.1, 0.15) is 18.4 Å². The van der Waals surface area contributed by atoms with E-state index in [1.165, 1.54) is 4.90 Å². The molecule has 7 nitrogen and oxygen atoms in total. The highest BCUT2D eigenvalue weighted by atomic mass is 35.5. The molecular weight excluding hydrogens is 537 g/mol. The molecule has 9 heteroatoms. The predicted molar refractivity (Wildman–Crippen MR) is 153 cm³/mol. The number of aromatic nitrogens is 1. The van der Waals surface area contributed by atoms with E-state index in [0.29, 0.717) is 29.6 Å². The molecule has 3 heterocycles. The smallest absolute Gasteiger partial charge is 0.408 e. The summed E-state index contributed by atoms with van der Waals surface area (Å²) in [5.74, 6) is 0.759. The lowest BCUT2D eigenvalue weighted by atomic mass is 9.92. The Balaban J connectivity index is 1.38. The standard InChI is InChI=1S/C30H29Cl2N3O4/c31-21-3-6-23(7-4-21)35-27-10-5-22(32)19-26(27)25-11-12-34(30(36)37)28(29(25)35)20-1-8-24(9-2-20)39-18-15-33-13-16-38-17-14-33/h1-10,19,28H,11-18H2,(H,36,37). The summed E-state index contributed by atoms with van der Waals surface area (Å²) in [6.07, 6.45) is -0.361. The molecule has 1 atom stereocenters. The van der Waals surface area contributed by atoms with Crippen LogP contribution in [0.2, 0.25) is 10.0 Å². The zero-order valence-electron chi connectivity index (χ0n) is 21.4. The molecule has 0 aliphatic carbocycles. The van der Waals surface area contributed by atoms with Gasteiger partial charge < -0.3 is 19.1 Å². The number of benzene rings is 3. The maximum Gasteiger partial charge on any atom is 0.408 e. The molecule has 6 rings (SSSR count). The van der Waals surface area contributed by atoms with Gasteiger partial charge in [0.15, 0.2) is 0 Å². The molecular formula is C30H29Cl2N3O4. The van der Waals surface area contributed by atoms with Crippen molar-refractivity contribution in [2.45, 2.75) is 12.5 Å². The van der Waals surface area contributed by atoms with Crippen LogP contribution in [0.25, 0.3) is 16.6 Å². The summed E-state index contributed by atoms with van der Waals surface area (Å²) in [6.45, 7) is 5.17. The van der Waals surface area contributed by atoms with E-state index >= 15 is 0 Å². The number of carboxylic acid groups (broad SMARTS) is 1. The minimum absolute atomic E-state index is 0.386. The third-order valence-corrected chi connectivity index (χ3v) is 8.04. The minimum Gasteiger partial charge on any atom is -0.492 e. The van der Waals surface area contributed by atoms with E-state index in [-0.39, 0.29) is 0 Å². The Kier molecular flexibility index (Phi) is 7.40. The fraction of sp³-hybridized carbons (Fsp3) is 0.300. The minimum atomic E-state index is -0.956. The molecule has 1 fully saturated rings. The number of fused-ring (bicyclic) bond motifs is 3. The molecule has 3 aromatic carbocycles. The van der Waals surface area contributed by atoms with Gasteiger partial charge in [0, 0.05) is 47.3 Å². The van der Waals surface area contributed by atoms with Crippen LogP contribution in [0.1, 0.15) is 22.9 Å². The van der Waals surface area contributed by atoms with Gasteiger partial charge in [0.25, 0.3) is 0 Å². The van der Waals surface area contributed by atoms with Gasteiger partial charge in [-0.1, -0.05) is 35.3 Å². The van der Waals surface area contributed by atoms with Gasteiger partial charge in [0.05, 0.1) is 24.4 Å². The predicted octanol–water partition coefficient (Wildman–Crippen LogP) is 6.27. The highest BCUT2D eigenvalue weighted by molar-refractivity contribution is 6.31. The average molecular weight is 566 g/mol. The van der Waals surface area contributed by atoms with Crippen LogP contribution in [0.5, 0.6) is 5.75 Å². The monoisotopic (exact) mass is 565 g/mol. The van der Waals surface area contributed by atoms with Gasteiger partial charge in [-0.25, -0.2) is 4.79 Å². The molecule has 2 aliphatic heterocycles. The van der Waals surface area contributed by atoms with Crippen molar-refractivity contribution in [3.8, 4) is 11.4 Å². The molecule has 4 aromatic rings. The summed E-state index contributed by atoms with van der Waals surface area (Å²) in [5, 5.41) is 12.6. The van der Waals surface area contributed by atoms with Crippen LogP contribution in [0, 0.1) is 0 Å². The van der Waals surface area contributed by atoms with Crippen LogP contribution in [-0.2, 0) is 11.2 Å². The number of amides is 1. The first-order chi connectivity index (χ1) is 19.0.